The fourth-order valence-electron chi connectivity index (χ4n) is 2.33. The molecule has 2 rings (SSSR count). The summed E-state index contributed by atoms with van der Waals surface area (Å²) in [7, 11) is 0. The van der Waals surface area contributed by atoms with Gasteiger partial charge in [0.05, 0.1) is 12.5 Å². The number of esters is 1. The number of hydrogen-bond acceptors (Lipinski definition) is 2. The third-order valence-corrected chi connectivity index (χ3v) is 3.40. The average Bonchev–Trinajstić information content (AvgIpc) is 3.06. The van der Waals surface area contributed by atoms with Gasteiger partial charge in [-0.15, -0.1) is 0 Å². The van der Waals surface area contributed by atoms with E-state index in [1.165, 1.54) is 6.92 Å². The van der Waals surface area contributed by atoms with E-state index in [2.05, 4.69) is 4.74 Å². The minimum Gasteiger partial charge on any atom is -0.466 e. The van der Waals surface area contributed by atoms with E-state index < -0.39 is 29.3 Å². The SMILES string of the molecule is CCOC(=O)[C@@H]1C[C@]1(c1ccc(F)cc1)C(F)(F)F. The van der Waals surface area contributed by atoms with Gasteiger partial charge in [0.15, 0.2) is 0 Å². The topological polar surface area (TPSA) is 26.3 Å². The van der Waals surface area contributed by atoms with Gasteiger partial charge in [-0.3, -0.25) is 4.79 Å². The Morgan fingerprint density at radius 2 is 1.95 bits per heavy atom. The van der Waals surface area contributed by atoms with Gasteiger partial charge in [0, 0.05) is 0 Å². The predicted molar refractivity (Wildman–Crippen MR) is 58.9 cm³/mol. The van der Waals surface area contributed by atoms with Crippen molar-refractivity contribution in [3.05, 3.63) is 35.6 Å². The van der Waals surface area contributed by atoms with Crippen molar-refractivity contribution in [2.45, 2.75) is 24.9 Å². The Morgan fingerprint density at radius 3 is 2.42 bits per heavy atom. The number of ether oxygens (including phenoxy) is 1. The summed E-state index contributed by atoms with van der Waals surface area (Å²) in [6.07, 6.45) is -4.91. The predicted octanol–water partition coefficient (Wildman–Crippen LogP) is 3.21. The maximum atomic E-state index is 13.2. The fraction of sp³-hybridized carbons (Fsp3) is 0.462. The number of rotatable bonds is 3. The summed E-state index contributed by atoms with van der Waals surface area (Å²) in [5.74, 6) is -2.71. The van der Waals surface area contributed by atoms with Crippen LogP contribution in [0.1, 0.15) is 18.9 Å². The molecule has 1 saturated carbocycles. The second-order valence-electron chi connectivity index (χ2n) is 4.48. The van der Waals surface area contributed by atoms with Gasteiger partial charge in [0.1, 0.15) is 11.2 Å². The number of benzene rings is 1. The molecule has 0 bridgehead atoms. The van der Waals surface area contributed by atoms with Crippen molar-refractivity contribution in [3.63, 3.8) is 0 Å². The van der Waals surface area contributed by atoms with Crippen LogP contribution in [0.2, 0.25) is 0 Å². The van der Waals surface area contributed by atoms with E-state index in [-0.39, 0.29) is 18.6 Å². The van der Waals surface area contributed by atoms with Crippen molar-refractivity contribution in [1.82, 2.24) is 0 Å². The highest BCUT2D eigenvalue weighted by molar-refractivity contribution is 5.79. The largest absolute Gasteiger partial charge is 0.466 e. The van der Waals surface area contributed by atoms with E-state index >= 15 is 0 Å². The monoisotopic (exact) mass is 276 g/mol. The molecule has 104 valence electrons. The molecule has 6 heteroatoms. The first kappa shape index (κ1) is 13.8. The minimum atomic E-state index is -4.57. The molecular formula is C13H12F4O2. The van der Waals surface area contributed by atoms with Crippen molar-refractivity contribution in [1.29, 1.82) is 0 Å². The molecule has 0 unspecified atom stereocenters. The van der Waals surface area contributed by atoms with Crippen molar-refractivity contribution >= 4 is 5.97 Å². The van der Waals surface area contributed by atoms with Crippen molar-refractivity contribution in [2.24, 2.45) is 5.92 Å². The summed E-state index contributed by atoms with van der Waals surface area (Å²) in [4.78, 5) is 11.5. The standard InChI is InChI=1S/C13H12F4O2/c1-2-19-11(18)10-7-12(10,13(15,16)17)8-3-5-9(14)6-4-8/h3-6,10H,2,7H2,1H3/t10-,12+/m0/s1. The van der Waals surface area contributed by atoms with E-state index in [0.29, 0.717) is 0 Å². The van der Waals surface area contributed by atoms with Crippen molar-refractivity contribution in [2.75, 3.05) is 6.61 Å². The summed E-state index contributed by atoms with van der Waals surface area (Å²) in [6, 6.07) is 4.07. The smallest absolute Gasteiger partial charge is 0.399 e. The average molecular weight is 276 g/mol. The lowest BCUT2D eigenvalue weighted by molar-refractivity contribution is -0.172. The van der Waals surface area contributed by atoms with Crippen LogP contribution < -0.4 is 0 Å². The van der Waals surface area contributed by atoms with Crippen LogP contribution >= 0.6 is 0 Å². The zero-order valence-electron chi connectivity index (χ0n) is 10.1. The lowest BCUT2D eigenvalue weighted by Gasteiger charge is -2.21. The first-order valence-electron chi connectivity index (χ1n) is 5.82. The summed E-state index contributed by atoms with van der Waals surface area (Å²) in [5.41, 5.74) is -2.33. The number of alkyl halides is 3. The molecule has 1 aromatic carbocycles. The Labute approximate surface area is 107 Å². The Balaban J connectivity index is 2.35. The zero-order chi connectivity index (χ0) is 14.3. The van der Waals surface area contributed by atoms with Crippen LogP contribution in [-0.2, 0) is 14.9 Å². The lowest BCUT2D eigenvalue weighted by atomic mass is 9.92. The van der Waals surface area contributed by atoms with E-state index in [0.717, 1.165) is 24.3 Å². The Morgan fingerprint density at radius 1 is 1.37 bits per heavy atom. The van der Waals surface area contributed by atoms with E-state index in [1.54, 1.807) is 0 Å². The van der Waals surface area contributed by atoms with Crippen LogP contribution in [0.5, 0.6) is 0 Å². The summed E-state index contributed by atoms with van der Waals surface area (Å²) >= 11 is 0. The normalized spacial score (nSPS) is 26.1. The number of halogens is 4. The van der Waals surface area contributed by atoms with Gasteiger partial charge < -0.3 is 4.74 Å². The molecule has 2 atom stereocenters. The quantitative estimate of drug-likeness (QED) is 0.626. The van der Waals surface area contributed by atoms with Crippen LogP contribution in [0.25, 0.3) is 0 Å². The van der Waals surface area contributed by atoms with Gasteiger partial charge in [-0.2, -0.15) is 13.2 Å². The summed E-state index contributed by atoms with van der Waals surface area (Å²) in [5, 5.41) is 0. The van der Waals surface area contributed by atoms with Crippen LogP contribution in [0.15, 0.2) is 24.3 Å². The fourth-order valence-corrected chi connectivity index (χ4v) is 2.33. The molecule has 0 spiro atoms. The van der Waals surface area contributed by atoms with Crippen LogP contribution in [0, 0.1) is 11.7 Å². The number of carbonyl (C=O) groups excluding carboxylic acids is 1. The van der Waals surface area contributed by atoms with Crippen molar-refractivity contribution < 1.29 is 27.1 Å². The summed E-state index contributed by atoms with van der Waals surface area (Å²) in [6.45, 7) is 1.57. The molecular weight excluding hydrogens is 264 g/mol. The van der Waals surface area contributed by atoms with E-state index in [4.69, 9.17) is 0 Å². The molecule has 1 aliphatic carbocycles. The number of carbonyl (C=O) groups is 1. The Hall–Kier alpha value is -1.59. The van der Waals surface area contributed by atoms with Gasteiger partial charge in [-0.05, 0) is 31.0 Å². The molecule has 0 aliphatic heterocycles. The lowest BCUT2D eigenvalue weighted by Crippen LogP contribution is -2.33. The maximum Gasteiger partial charge on any atom is 0.399 e. The van der Waals surface area contributed by atoms with Gasteiger partial charge in [0.25, 0.3) is 0 Å². The van der Waals surface area contributed by atoms with Gasteiger partial charge in [0.2, 0.25) is 0 Å². The first-order valence-corrected chi connectivity index (χ1v) is 5.82. The second-order valence-corrected chi connectivity index (χ2v) is 4.48. The highest BCUT2D eigenvalue weighted by atomic mass is 19.4. The van der Waals surface area contributed by atoms with Gasteiger partial charge in [-0.25, -0.2) is 4.39 Å². The molecule has 0 heterocycles. The van der Waals surface area contributed by atoms with Crippen molar-refractivity contribution in [3.8, 4) is 0 Å². The minimum absolute atomic E-state index is 0.0344. The van der Waals surface area contributed by atoms with E-state index in [1.807, 2.05) is 0 Å². The van der Waals surface area contributed by atoms with E-state index in [9.17, 15) is 22.4 Å². The van der Waals surface area contributed by atoms with Gasteiger partial charge in [-0.1, -0.05) is 12.1 Å². The second kappa shape index (κ2) is 4.51. The van der Waals surface area contributed by atoms with Crippen LogP contribution in [0.4, 0.5) is 17.6 Å². The highest BCUT2D eigenvalue weighted by Crippen LogP contribution is 2.63. The third kappa shape index (κ3) is 2.19. The molecule has 0 saturated heterocycles. The molecule has 1 aromatic rings. The molecule has 2 nitrogen and oxygen atoms in total. The van der Waals surface area contributed by atoms with Crippen LogP contribution in [0.3, 0.4) is 0 Å². The van der Waals surface area contributed by atoms with Crippen LogP contribution in [-0.4, -0.2) is 18.8 Å². The molecule has 0 aromatic heterocycles. The van der Waals surface area contributed by atoms with Gasteiger partial charge >= 0.3 is 12.1 Å². The first-order chi connectivity index (χ1) is 8.83. The molecule has 1 aliphatic rings. The molecule has 0 amide bonds. The molecule has 0 radical (unpaired) electrons. The third-order valence-electron chi connectivity index (χ3n) is 3.40. The zero-order valence-corrected chi connectivity index (χ0v) is 10.1. The Kier molecular flexibility index (Phi) is 3.28. The number of hydrogen-bond donors (Lipinski definition) is 0. The summed E-state index contributed by atoms with van der Waals surface area (Å²) < 4.78 is 57.1. The maximum absolute atomic E-state index is 13.2. The highest BCUT2D eigenvalue weighted by Gasteiger charge is 2.74. The molecule has 1 fully saturated rings. The molecule has 19 heavy (non-hydrogen) atoms. The molecule has 0 N–H and O–H groups in total. The Bertz CT molecular complexity index is 480.